The molecule has 5 aromatic rings. The fourth-order valence-electron chi connectivity index (χ4n) is 4.41. The molecular weight excluding hydrogens is 452 g/mol. The van der Waals surface area contributed by atoms with Crippen molar-refractivity contribution in [3.05, 3.63) is 118 Å². The number of aliphatic hydroxyl groups is 1. The quantitative estimate of drug-likeness (QED) is 0.296. The topological polar surface area (TPSA) is 42.6 Å². The molecule has 0 fully saturated rings. The second-order valence-corrected chi connectivity index (χ2v) is 8.54. The first-order valence-electron chi connectivity index (χ1n) is 10.0. The molecule has 3 nitrogen and oxygen atoms in total. The van der Waals surface area contributed by atoms with Gasteiger partial charge in [-0.1, -0.05) is 88.7 Å². The van der Waals surface area contributed by atoms with Gasteiger partial charge in [0.05, 0.1) is 5.39 Å². The molecule has 0 saturated carbocycles. The minimum absolute atomic E-state index is 0.391. The van der Waals surface area contributed by atoms with E-state index in [-0.39, 0.29) is 0 Å². The number of ether oxygens (including phenoxy) is 1. The van der Waals surface area contributed by atoms with Crippen molar-refractivity contribution in [2.24, 2.45) is 0 Å². The molecule has 1 aliphatic rings. The van der Waals surface area contributed by atoms with E-state index in [4.69, 9.17) is 9.15 Å². The largest absolute Gasteiger partial charge is 0.453 e. The minimum atomic E-state index is -1.51. The Balaban J connectivity index is 1.71. The summed E-state index contributed by atoms with van der Waals surface area (Å²) in [6.45, 7) is 0. The number of hydrogen-bond acceptors (Lipinski definition) is 3. The molecule has 1 atom stereocenters. The maximum absolute atomic E-state index is 12.5. The minimum Gasteiger partial charge on any atom is -0.453 e. The number of halogens is 1. The van der Waals surface area contributed by atoms with E-state index >= 15 is 0 Å². The zero-order valence-corrected chi connectivity index (χ0v) is 18.0. The van der Waals surface area contributed by atoms with Gasteiger partial charge >= 0.3 is 0 Å². The van der Waals surface area contributed by atoms with E-state index in [1.807, 2.05) is 97.1 Å². The molecule has 0 saturated heterocycles. The lowest BCUT2D eigenvalue weighted by molar-refractivity contribution is 0.0883. The van der Waals surface area contributed by atoms with Crippen LogP contribution in [0.5, 0.6) is 11.5 Å². The van der Waals surface area contributed by atoms with Gasteiger partial charge in [0.15, 0.2) is 17.1 Å². The van der Waals surface area contributed by atoms with Gasteiger partial charge in [-0.3, -0.25) is 0 Å². The van der Waals surface area contributed by atoms with E-state index in [1.165, 1.54) is 0 Å². The van der Waals surface area contributed by atoms with Gasteiger partial charge < -0.3 is 14.3 Å². The first-order chi connectivity index (χ1) is 15.2. The van der Waals surface area contributed by atoms with Gasteiger partial charge in [0.2, 0.25) is 0 Å². The van der Waals surface area contributed by atoms with Gasteiger partial charge in [0, 0.05) is 15.6 Å². The van der Waals surface area contributed by atoms with Crippen LogP contribution in [0.2, 0.25) is 0 Å². The number of para-hydroxylation sites is 1. The predicted molar refractivity (Wildman–Crippen MR) is 124 cm³/mol. The highest BCUT2D eigenvalue weighted by Gasteiger charge is 2.47. The second kappa shape index (κ2) is 6.84. The molecular formula is C27H17BrO3. The van der Waals surface area contributed by atoms with Crippen LogP contribution >= 0.6 is 15.9 Å². The summed E-state index contributed by atoms with van der Waals surface area (Å²) in [5.74, 6) is 1.55. The zero-order chi connectivity index (χ0) is 21.0. The summed E-state index contributed by atoms with van der Waals surface area (Å²) in [6.07, 6.45) is 0. The summed E-state index contributed by atoms with van der Waals surface area (Å²) in [5, 5.41) is 13.3. The molecule has 1 aromatic heterocycles. The van der Waals surface area contributed by atoms with E-state index in [1.54, 1.807) is 0 Å². The van der Waals surface area contributed by atoms with Gasteiger partial charge in [-0.2, -0.15) is 0 Å². The van der Waals surface area contributed by atoms with E-state index in [0.29, 0.717) is 28.4 Å². The molecule has 4 heteroatoms. The number of furan rings is 1. The van der Waals surface area contributed by atoms with Crippen LogP contribution in [-0.4, -0.2) is 5.11 Å². The Morgan fingerprint density at radius 3 is 2.29 bits per heavy atom. The maximum Gasteiger partial charge on any atom is 0.188 e. The summed E-state index contributed by atoms with van der Waals surface area (Å²) >= 11 is 3.53. The molecule has 0 amide bonds. The summed E-state index contributed by atoms with van der Waals surface area (Å²) in [6, 6.07) is 31.3. The van der Waals surface area contributed by atoms with Crippen LogP contribution in [0.3, 0.4) is 0 Å². The summed E-state index contributed by atoms with van der Waals surface area (Å²) in [7, 11) is 0. The van der Waals surface area contributed by atoms with Crippen molar-refractivity contribution in [1.29, 1.82) is 0 Å². The lowest BCUT2D eigenvalue weighted by Gasteiger charge is -2.34. The molecule has 6 rings (SSSR count). The highest BCUT2D eigenvalue weighted by atomic mass is 79.9. The van der Waals surface area contributed by atoms with E-state index in [9.17, 15) is 5.11 Å². The molecule has 150 valence electrons. The van der Waals surface area contributed by atoms with Crippen molar-refractivity contribution in [1.82, 2.24) is 0 Å². The molecule has 0 bridgehead atoms. The molecule has 1 aliphatic heterocycles. The lowest BCUT2D eigenvalue weighted by atomic mass is 9.78. The first kappa shape index (κ1) is 18.4. The third kappa shape index (κ3) is 2.69. The van der Waals surface area contributed by atoms with Gasteiger partial charge in [-0.25, -0.2) is 0 Å². The lowest BCUT2D eigenvalue weighted by Crippen LogP contribution is -2.32. The van der Waals surface area contributed by atoms with E-state index in [2.05, 4.69) is 15.9 Å². The molecule has 1 unspecified atom stereocenters. The molecule has 0 aliphatic carbocycles. The van der Waals surface area contributed by atoms with Crippen molar-refractivity contribution < 1.29 is 14.3 Å². The van der Waals surface area contributed by atoms with Crippen molar-refractivity contribution in [3.8, 4) is 22.6 Å². The third-order valence-corrected chi connectivity index (χ3v) is 6.32. The number of fused-ring (bicyclic) bond motifs is 4. The Bertz CT molecular complexity index is 1440. The fourth-order valence-corrected chi connectivity index (χ4v) is 4.77. The maximum atomic E-state index is 12.5. The van der Waals surface area contributed by atoms with Crippen LogP contribution in [0, 0.1) is 0 Å². The summed E-state index contributed by atoms with van der Waals surface area (Å²) in [4.78, 5) is 0. The molecule has 4 aromatic carbocycles. The van der Waals surface area contributed by atoms with Gasteiger partial charge in [-0.05, 0) is 35.4 Å². The van der Waals surface area contributed by atoms with Crippen molar-refractivity contribution in [3.63, 3.8) is 0 Å². The normalized spacial score (nSPS) is 17.1. The Morgan fingerprint density at radius 1 is 0.742 bits per heavy atom. The van der Waals surface area contributed by atoms with Crippen LogP contribution in [0.1, 0.15) is 16.9 Å². The molecule has 1 N–H and O–H groups in total. The molecule has 0 radical (unpaired) electrons. The summed E-state index contributed by atoms with van der Waals surface area (Å²) < 4.78 is 13.5. The van der Waals surface area contributed by atoms with Gasteiger partial charge in [-0.15, -0.1) is 0 Å². The molecule has 31 heavy (non-hydrogen) atoms. The Labute approximate surface area is 187 Å². The Hall–Kier alpha value is -3.34. The fraction of sp³-hybridized carbons (Fsp3) is 0.0370. The molecule has 2 heterocycles. The average molecular weight is 469 g/mol. The summed E-state index contributed by atoms with van der Waals surface area (Å²) in [5.41, 5.74) is 2.52. The first-order valence-corrected chi connectivity index (χ1v) is 10.8. The SMILES string of the molecule is OC1(c2ccccc2-c2ccccc2)c2ccccc2Oc2c1oc1ccc(Br)cc21. The van der Waals surface area contributed by atoms with Crippen molar-refractivity contribution >= 4 is 26.9 Å². The number of rotatable bonds is 2. The Morgan fingerprint density at radius 2 is 1.45 bits per heavy atom. The van der Waals surface area contributed by atoms with E-state index in [0.717, 1.165) is 26.5 Å². The van der Waals surface area contributed by atoms with Crippen molar-refractivity contribution in [2.75, 3.05) is 0 Å². The van der Waals surface area contributed by atoms with Crippen LogP contribution < -0.4 is 4.74 Å². The highest BCUT2D eigenvalue weighted by molar-refractivity contribution is 9.10. The van der Waals surface area contributed by atoms with E-state index < -0.39 is 5.60 Å². The molecule has 0 spiro atoms. The third-order valence-electron chi connectivity index (χ3n) is 5.82. The second-order valence-electron chi connectivity index (χ2n) is 7.62. The van der Waals surface area contributed by atoms with Gasteiger partial charge in [0.1, 0.15) is 11.3 Å². The number of hydrogen-bond donors (Lipinski definition) is 1. The average Bonchev–Trinajstić information content (AvgIpc) is 3.18. The Kier molecular flexibility index (Phi) is 4.07. The highest BCUT2D eigenvalue weighted by Crippen LogP contribution is 2.55. The smallest absolute Gasteiger partial charge is 0.188 e. The monoisotopic (exact) mass is 468 g/mol. The zero-order valence-electron chi connectivity index (χ0n) is 16.4. The van der Waals surface area contributed by atoms with Gasteiger partial charge in [0.25, 0.3) is 0 Å². The van der Waals surface area contributed by atoms with Crippen LogP contribution in [0.25, 0.3) is 22.1 Å². The van der Waals surface area contributed by atoms with Crippen LogP contribution in [-0.2, 0) is 5.60 Å². The number of benzene rings is 4. The standard InChI is InChI=1S/C27H17BrO3/c28-18-14-15-23-20(16-18)25-26(31-23)27(29,22-12-6-7-13-24(22)30-25)21-11-5-4-10-19(21)17-8-2-1-3-9-17/h1-16,29H. The van der Waals surface area contributed by atoms with Crippen LogP contribution in [0.4, 0.5) is 0 Å². The van der Waals surface area contributed by atoms with Crippen LogP contribution in [0.15, 0.2) is 106 Å². The van der Waals surface area contributed by atoms with Crippen molar-refractivity contribution in [2.45, 2.75) is 5.60 Å². The predicted octanol–water partition coefficient (Wildman–Crippen LogP) is 7.25.